The number of anilines is 1. The Labute approximate surface area is 145 Å². The van der Waals surface area contributed by atoms with Gasteiger partial charge in [-0.25, -0.2) is 9.78 Å². The van der Waals surface area contributed by atoms with E-state index >= 15 is 0 Å². The van der Waals surface area contributed by atoms with Gasteiger partial charge in [0.1, 0.15) is 5.15 Å². The number of ether oxygens (including phenoxy) is 1. The first-order valence-electron chi connectivity index (χ1n) is 6.97. The highest BCUT2D eigenvalue weighted by atomic mass is 35.5. The van der Waals surface area contributed by atoms with E-state index in [-0.39, 0.29) is 16.4 Å². The number of esters is 1. The van der Waals surface area contributed by atoms with Crippen molar-refractivity contribution in [3.05, 3.63) is 58.9 Å². The Bertz CT molecular complexity index is 779. The molecule has 0 radical (unpaired) electrons. The van der Waals surface area contributed by atoms with Crippen molar-refractivity contribution in [3.63, 3.8) is 0 Å². The molecule has 9 heteroatoms. The van der Waals surface area contributed by atoms with Crippen LogP contribution in [0.1, 0.15) is 22.8 Å². The maximum absolute atomic E-state index is 12.5. The molecule has 1 heterocycles. The molecule has 1 aromatic heterocycles. The zero-order valence-corrected chi connectivity index (χ0v) is 13.6. The summed E-state index contributed by atoms with van der Waals surface area (Å²) in [6.07, 6.45) is -4.31. The highest BCUT2D eigenvalue weighted by Crippen LogP contribution is 2.29. The van der Waals surface area contributed by atoms with E-state index in [1.165, 1.54) is 25.3 Å². The lowest BCUT2D eigenvalue weighted by atomic mass is 10.2. The van der Waals surface area contributed by atoms with E-state index in [4.69, 9.17) is 16.3 Å². The minimum atomic E-state index is -4.46. The predicted molar refractivity (Wildman–Crippen MR) is 84.2 cm³/mol. The van der Waals surface area contributed by atoms with Crippen molar-refractivity contribution in [2.45, 2.75) is 19.2 Å². The lowest BCUT2D eigenvalue weighted by molar-refractivity contribution is -0.137. The Kier molecular flexibility index (Phi) is 5.63. The second kappa shape index (κ2) is 7.52. The van der Waals surface area contributed by atoms with Crippen LogP contribution in [0.25, 0.3) is 0 Å². The fourth-order valence-corrected chi connectivity index (χ4v) is 1.97. The molecule has 0 aliphatic heterocycles. The summed E-state index contributed by atoms with van der Waals surface area (Å²) in [5, 5.41) is 2.46. The molecule has 1 aromatic carbocycles. The molecule has 0 bridgehead atoms. The van der Waals surface area contributed by atoms with Gasteiger partial charge in [-0.2, -0.15) is 13.2 Å². The second-order valence-corrected chi connectivity index (χ2v) is 5.37. The minimum absolute atomic E-state index is 0.0938. The van der Waals surface area contributed by atoms with Crippen molar-refractivity contribution >= 4 is 29.2 Å². The summed E-state index contributed by atoms with van der Waals surface area (Å²) in [5.41, 5.74) is -0.568. The van der Waals surface area contributed by atoms with Crippen molar-refractivity contribution in [2.75, 3.05) is 5.32 Å². The fourth-order valence-electron chi connectivity index (χ4n) is 1.80. The third-order valence-electron chi connectivity index (χ3n) is 3.10. The van der Waals surface area contributed by atoms with Crippen molar-refractivity contribution in [1.29, 1.82) is 0 Å². The molecule has 1 amide bonds. The maximum Gasteiger partial charge on any atom is 0.416 e. The van der Waals surface area contributed by atoms with Gasteiger partial charge in [0.15, 0.2) is 6.10 Å². The number of carbonyl (C=O) groups excluding carboxylic acids is 2. The number of benzene rings is 1. The number of halogens is 4. The standard InChI is InChI=1S/C16H12ClF3N2O3/c1-9(25-15(24)10-6-7-21-13(17)8-10)14(23)22-12-4-2-11(3-5-12)16(18,19)20/h2-9H,1H3,(H,22,23). The van der Waals surface area contributed by atoms with Gasteiger partial charge >= 0.3 is 12.1 Å². The first-order valence-corrected chi connectivity index (χ1v) is 7.35. The third-order valence-corrected chi connectivity index (χ3v) is 3.30. The normalized spacial score (nSPS) is 12.4. The molecule has 2 rings (SSSR count). The molecule has 2 aromatic rings. The van der Waals surface area contributed by atoms with E-state index in [1.807, 2.05) is 0 Å². The Morgan fingerprint density at radius 2 is 1.84 bits per heavy atom. The lowest BCUT2D eigenvalue weighted by Gasteiger charge is -2.14. The average molecular weight is 373 g/mol. The Morgan fingerprint density at radius 1 is 1.20 bits per heavy atom. The predicted octanol–water partition coefficient (Wildman–Crippen LogP) is 3.94. The van der Waals surface area contributed by atoms with Crippen molar-refractivity contribution in [2.24, 2.45) is 0 Å². The van der Waals surface area contributed by atoms with Crippen LogP contribution in [0.3, 0.4) is 0 Å². The largest absolute Gasteiger partial charge is 0.449 e. The summed E-state index contributed by atoms with van der Waals surface area (Å²) in [6.45, 7) is 1.33. The number of nitrogens with zero attached hydrogens (tertiary/aromatic N) is 1. The number of alkyl halides is 3. The zero-order valence-electron chi connectivity index (χ0n) is 12.8. The number of hydrogen-bond acceptors (Lipinski definition) is 4. The molecule has 5 nitrogen and oxygen atoms in total. The molecule has 0 aliphatic rings. The molecular weight excluding hydrogens is 361 g/mol. The first-order chi connectivity index (χ1) is 11.7. The summed E-state index contributed by atoms with van der Waals surface area (Å²) >= 11 is 5.66. The lowest BCUT2D eigenvalue weighted by Crippen LogP contribution is -2.30. The van der Waals surface area contributed by atoms with E-state index in [1.54, 1.807) is 0 Å². The SMILES string of the molecule is CC(OC(=O)c1ccnc(Cl)c1)C(=O)Nc1ccc(C(F)(F)F)cc1. The zero-order chi connectivity index (χ0) is 18.6. The van der Waals surface area contributed by atoms with Crippen LogP contribution >= 0.6 is 11.6 Å². The Hall–Kier alpha value is -2.61. The van der Waals surface area contributed by atoms with Crippen molar-refractivity contribution in [3.8, 4) is 0 Å². The number of amides is 1. The summed E-state index contributed by atoms with van der Waals surface area (Å²) in [4.78, 5) is 27.6. The molecule has 0 saturated carbocycles. The molecule has 25 heavy (non-hydrogen) atoms. The van der Waals surface area contributed by atoms with Gasteiger partial charge in [-0.05, 0) is 43.3 Å². The molecule has 1 N–H and O–H groups in total. The number of rotatable bonds is 4. The van der Waals surface area contributed by atoms with Gasteiger partial charge in [0.2, 0.25) is 0 Å². The van der Waals surface area contributed by atoms with Gasteiger partial charge in [-0.1, -0.05) is 11.6 Å². The highest BCUT2D eigenvalue weighted by molar-refractivity contribution is 6.29. The topological polar surface area (TPSA) is 68.3 Å². The van der Waals surface area contributed by atoms with Crippen LogP contribution in [-0.4, -0.2) is 23.0 Å². The van der Waals surface area contributed by atoms with Crippen LogP contribution in [0.4, 0.5) is 18.9 Å². The molecule has 0 spiro atoms. The Morgan fingerprint density at radius 3 is 2.40 bits per heavy atom. The number of pyridine rings is 1. The van der Waals surface area contributed by atoms with Crippen LogP contribution in [-0.2, 0) is 15.7 Å². The highest BCUT2D eigenvalue weighted by Gasteiger charge is 2.30. The summed E-state index contributed by atoms with van der Waals surface area (Å²) in [5.74, 6) is -1.47. The van der Waals surface area contributed by atoms with Crippen LogP contribution in [0, 0.1) is 0 Å². The van der Waals surface area contributed by atoms with Gasteiger partial charge in [-0.3, -0.25) is 4.79 Å². The smallest absolute Gasteiger partial charge is 0.416 e. The van der Waals surface area contributed by atoms with E-state index in [2.05, 4.69) is 10.3 Å². The number of nitrogens with one attached hydrogen (secondary N) is 1. The molecule has 1 unspecified atom stereocenters. The number of hydrogen-bond donors (Lipinski definition) is 1. The van der Waals surface area contributed by atoms with Gasteiger partial charge in [0, 0.05) is 11.9 Å². The van der Waals surface area contributed by atoms with Gasteiger partial charge in [0.25, 0.3) is 5.91 Å². The van der Waals surface area contributed by atoms with E-state index < -0.39 is 29.7 Å². The molecule has 0 saturated heterocycles. The number of carbonyl (C=O) groups is 2. The van der Waals surface area contributed by atoms with Crippen LogP contribution in [0.2, 0.25) is 5.15 Å². The van der Waals surface area contributed by atoms with Crippen LogP contribution in [0.5, 0.6) is 0 Å². The number of aromatic nitrogens is 1. The summed E-state index contributed by atoms with van der Waals surface area (Å²) in [7, 11) is 0. The average Bonchev–Trinajstić information content (AvgIpc) is 2.54. The molecule has 0 fully saturated rings. The molecule has 1 atom stereocenters. The van der Waals surface area contributed by atoms with Gasteiger partial charge in [0.05, 0.1) is 11.1 Å². The van der Waals surface area contributed by atoms with Gasteiger partial charge in [-0.15, -0.1) is 0 Å². The third kappa shape index (κ3) is 5.18. The molecule has 0 aliphatic carbocycles. The molecule has 132 valence electrons. The van der Waals surface area contributed by atoms with E-state index in [0.717, 1.165) is 24.3 Å². The van der Waals surface area contributed by atoms with Crippen LogP contribution < -0.4 is 5.32 Å². The van der Waals surface area contributed by atoms with Gasteiger partial charge < -0.3 is 10.1 Å². The van der Waals surface area contributed by atoms with Crippen molar-refractivity contribution in [1.82, 2.24) is 4.98 Å². The summed E-state index contributed by atoms with van der Waals surface area (Å²) < 4.78 is 42.4. The second-order valence-electron chi connectivity index (χ2n) is 4.98. The monoisotopic (exact) mass is 372 g/mol. The van der Waals surface area contributed by atoms with Crippen molar-refractivity contribution < 1.29 is 27.5 Å². The first kappa shape index (κ1) is 18.7. The van der Waals surface area contributed by atoms with E-state index in [0.29, 0.717) is 0 Å². The maximum atomic E-state index is 12.5. The fraction of sp³-hybridized carbons (Fsp3) is 0.188. The van der Waals surface area contributed by atoms with E-state index in [9.17, 15) is 22.8 Å². The Balaban J connectivity index is 1.97. The minimum Gasteiger partial charge on any atom is -0.449 e. The quantitative estimate of drug-likeness (QED) is 0.652. The molecular formula is C16H12ClF3N2O3. The van der Waals surface area contributed by atoms with Crippen LogP contribution in [0.15, 0.2) is 42.6 Å². The summed E-state index contributed by atoms with van der Waals surface area (Å²) in [6, 6.07) is 6.55.